The van der Waals surface area contributed by atoms with Crippen molar-refractivity contribution < 1.29 is 17.2 Å². The van der Waals surface area contributed by atoms with E-state index >= 15 is 0 Å². The van der Waals surface area contributed by atoms with E-state index in [1.807, 2.05) is 0 Å². The van der Waals surface area contributed by atoms with Crippen LogP contribution in [0.25, 0.3) is 16.6 Å². The molecule has 0 atom stereocenters. The average Bonchev–Trinajstić information content (AvgIpc) is 3.03. The summed E-state index contributed by atoms with van der Waals surface area (Å²) in [6, 6.07) is 15.6. The Morgan fingerprint density at radius 2 is 1.38 bits per heavy atom. The number of hydrogen-bond acceptors (Lipinski definition) is 2. The molecule has 2 aromatic heterocycles. The van der Waals surface area contributed by atoms with Crippen molar-refractivity contribution in [3.8, 4) is 11.1 Å². The van der Waals surface area contributed by atoms with Crippen molar-refractivity contribution in [3.63, 3.8) is 0 Å². The molecular formula is C20H13F2NO2S. The molecule has 0 aliphatic carbocycles. The standard InChI is InChI=1S/C20H13F2NO2S/c21-15-6-4-14(5-7-15)18-13-23-12-2-1-3-19(23)20(18)26(24,25)17-10-8-16(22)9-11-17/h1-13H. The van der Waals surface area contributed by atoms with E-state index in [0.29, 0.717) is 16.6 Å². The lowest BCUT2D eigenvalue weighted by Crippen LogP contribution is -2.03. The monoisotopic (exact) mass is 369 g/mol. The zero-order valence-corrected chi connectivity index (χ0v) is 14.2. The van der Waals surface area contributed by atoms with Gasteiger partial charge in [-0.05, 0) is 54.1 Å². The lowest BCUT2D eigenvalue weighted by atomic mass is 10.1. The third kappa shape index (κ3) is 2.68. The molecule has 0 amide bonds. The van der Waals surface area contributed by atoms with E-state index in [2.05, 4.69) is 0 Å². The summed E-state index contributed by atoms with van der Waals surface area (Å²) in [7, 11) is -3.91. The molecule has 3 nitrogen and oxygen atoms in total. The molecular weight excluding hydrogens is 356 g/mol. The fourth-order valence-corrected chi connectivity index (χ4v) is 4.58. The van der Waals surface area contributed by atoms with Crippen LogP contribution in [0, 0.1) is 11.6 Å². The molecule has 0 saturated heterocycles. The van der Waals surface area contributed by atoms with Crippen LogP contribution in [0.15, 0.2) is 88.9 Å². The summed E-state index contributed by atoms with van der Waals surface area (Å²) in [4.78, 5) is 0.107. The second kappa shape index (κ2) is 6.07. The number of halogens is 2. The third-order valence-corrected chi connectivity index (χ3v) is 6.04. The number of fused-ring (bicyclic) bond motifs is 1. The van der Waals surface area contributed by atoms with Gasteiger partial charge in [-0.25, -0.2) is 17.2 Å². The van der Waals surface area contributed by atoms with Gasteiger partial charge in [-0.1, -0.05) is 18.2 Å². The van der Waals surface area contributed by atoms with E-state index in [1.54, 1.807) is 35.0 Å². The first-order chi connectivity index (χ1) is 12.5. The average molecular weight is 369 g/mol. The van der Waals surface area contributed by atoms with Crippen LogP contribution >= 0.6 is 0 Å². The Kier molecular flexibility index (Phi) is 3.85. The SMILES string of the molecule is O=S(=O)(c1ccc(F)cc1)c1c(-c2ccc(F)cc2)cn2ccccc12. The van der Waals surface area contributed by atoms with Gasteiger partial charge in [-0.3, -0.25) is 0 Å². The molecule has 130 valence electrons. The molecule has 0 aliphatic heterocycles. The van der Waals surface area contributed by atoms with Crippen LogP contribution in [0.1, 0.15) is 0 Å². The van der Waals surface area contributed by atoms with E-state index in [4.69, 9.17) is 0 Å². The third-order valence-electron chi connectivity index (χ3n) is 4.18. The topological polar surface area (TPSA) is 38.5 Å². The smallest absolute Gasteiger partial charge is 0.209 e. The fourth-order valence-electron chi connectivity index (χ4n) is 2.95. The van der Waals surface area contributed by atoms with Crippen molar-refractivity contribution in [1.29, 1.82) is 0 Å². The molecule has 6 heteroatoms. The molecule has 0 radical (unpaired) electrons. The summed E-state index contributed by atoms with van der Waals surface area (Å²) < 4.78 is 54.7. The lowest BCUT2D eigenvalue weighted by molar-refractivity contribution is 0.596. The molecule has 0 N–H and O–H groups in total. The number of sulfone groups is 1. The van der Waals surface area contributed by atoms with Crippen molar-refractivity contribution in [3.05, 3.63) is 90.8 Å². The quantitative estimate of drug-likeness (QED) is 0.490. The summed E-state index contributed by atoms with van der Waals surface area (Å²) in [6.07, 6.45) is 3.44. The first-order valence-corrected chi connectivity index (χ1v) is 9.31. The number of pyridine rings is 1. The van der Waals surface area contributed by atoms with Gasteiger partial charge in [0.25, 0.3) is 0 Å². The molecule has 4 rings (SSSR count). The van der Waals surface area contributed by atoms with Crippen molar-refractivity contribution in [2.75, 3.05) is 0 Å². The minimum Gasteiger partial charge on any atom is -0.322 e. The van der Waals surface area contributed by atoms with Crippen molar-refractivity contribution in [1.82, 2.24) is 4.40 Å². The maximum atomic E-state index is 13.3. The van der Waals surface area contributed by atoms with Crippen molar-refractivity contribution in [2.45, 2.75) is 9.79 Å². The first kappa shape index (κ1) is 16.5. The second-order valence-electron chi connectivity index (χ2n) is 5.83. The van der Waals surface area contributed by atoms with Crippen LogP contribution in [0.4, 0.5) is 8.78 Å². The predicted octanol–water partition coefficient (Wildman–Crippen LogP) is 4.72. The number of aromatic nitrogens is 1. The maximum absolute atomic E-state index is 13.3. The van der Waals surface area contributed by atoms with Crippen LogP contribution in [-0.4, -0.2) is 12.8 Å². The largest absolute Gasteiger partial charge is 0.322 e. The molecule has 0 aliphatic rings. The van der Waals surface area contributed by atoms with Crippen LogP contribution in [-0.2, 0) is 9.84 Å². The van der Waals surface area contributed by atoms with Crippen molar-refractivity contribution in [2.24, 2.45) is 0 Å². The molecule has 4 aromatic rings. The molecule has 0 fully saturated rings. The Labute approximate surface area is 149 Å². The molecule has 2 heterocycles. The Morgan fingerprint density at radius 1 is 0.769 bits per heavy atom. The summed E-state index contributed by atoms with van der Waals surface area (Å²) in [5, 5.41) is 0. The summed E-state index contributed by atoms with van der Waals surface area (Å²) in [6.45, 7) is 0. The second-order valence-corrected chi connectivity index (χ2v) is 7.72. The summed E-state index contributed by atoms with van der Waals surface area (Å²) in [5.41, 5.74) is 1.53. The minimum atomic E-state index is -3.91. The lowest BCUT2D eigenvalue weighted by Gasteiger charge is -2.08. The van der Waals surface area contributed by atoms with Crippen LogP contribution in [0.3, 0.4) is 0 Å². The number of hydrogen-bond donors (Lipinski definition) is 0. The summed E-state index contributed by atoms with van der Waals surface area (Å²) in [5.74, 6) is -0.912. The Morgan fingerprint density at radius 3 is 2.04 bits per heavy atom. The number of nitrogens with zero attached hydrogens (tertiary/aromatic N) is 1. The van der Waals surface area contributed by atoms with E-state index in [9.17, 15) is 17.2 Å². The van der Waals surface area contributed by atoms with Gasteiger partial charge in [0, 0.05) is 18.0 Å². The summed E-state index contributed by atoms with van der Waals surface area (Å²) >= 11 is 0. The number of benzene rings is 2. The van der Waals surface area contributed by atoms with E-state index in [1.165, 1.54) is 36.4 Å². The van der Waals surface area contributed by atoms with E-state index in [0.717, 1.165) is 12.1 Å². The predicted molar refractivity (Wildman–Crippen MR) is 94.6 cm³/mol. The molecule has 0 bridgehead atoms. The highest BCUT2D eigenvalue weighted by Crippen LogP contribution is 2.36. The molecule has 26 heavy (non-hydrogen) atoms. The maximum Gasteiger partial charge on any atom is 0.209 e. The van der Waals surface area contributed by atoms with Gasteiger partial charge in [-0.2, -0.15) is 0 Å². The van der Waals surface area contributed by atoms with Gasteiger partial charge in [0.05, 0.1) is 10.4 Å². The highest BCUT2D eigenvalue weighted by molar-refractivity contribution is 7.91. The number of rotatable bonds is 3. The normalized spacial score (nSPS) is 11.8. The first-order valence-electron chi connectivity index (χ1n) is 7.83. The Bertz CT molecular complexity index is 1200. The Hall–Kier alpha value is -2.99. The van der Waals surface area contributed by atoms with E-state index < -0.39 is 21.5 Å². The van der Waals surface area contributed by atoms with Crippen LogP contribution in [0.5, 0.6) is 0 Å². The molecule has 0 spiro atoms. The molecule has 0 unspecified atom stereocenters. The van der Waals surface area contributed by atoms with Gasteiger partial charge >= 0.3 is 0 Å². The van der Waals surface area contributed by atoms with Gasteiger partial charge in [0.15, 0.2) is 0 Å². The molecule has 0 saturated carbocycles. The zero-order chi connectivity index (χ0) is 18.3. The minimum absolute atomic E-state index is 0.000727. The van der Waals surface area contributed by atoms with Gasteiger partial charge < -0.3 is 4.40 Å². The van der Waals surface area contributed by atoms with Crippen LogP contribution < -0.4 is 0 Å². The van der Waals surface area contributed by atoms with Crippen molar-refractivity contribution >= 4 is 15.4 Å². The van der Waals surface area contributed by atoms with Crippen LogP contribution in [0.2, 0.25) is 0 Å². The molecule has 2 aromatic carbocycles. The van der Waals surface area contributed by atoms with Gasteiger partial charge in [0.1, 0.15) is 16.5 Å². The van der Waals surface area contributed by atoms with Gasteiger partial charge in [-0.15, -0.1) is 0 Å². The Balaban J connectivity index is 2.03. The highest BCUT2D eigenvalue weighted by atomic mass is 32.2. The van der Waals surface area contributed by atoms with Gasteiger partial charge in [0.2, 0.25) is 9.84 Å². The highest BCUT2D eigenvalue weighted by Gasteiger charge is 2.26. The van der Waals surface area contributed by atoms with E-state index in [-0.39, 0.29) is 9.79 Å². The fraction of sp³-hybridized carbons (Fsp3) is 0. The zero-order valence-electron chi connectivity index (χ0n) is 13.4.